The lowest BCUT2D eigenvalue weighted by Gasteiger charge is -2.28. The molecule has 0 bridgehead atoms. The summed E-state index contributed by atoms with van der Waals surface area (Å²) in [7, 11) is 0. The lowest BCUT2D eigenvalue weighted by molar-refractivity contribution is -0.143. The van der Waals surface area contributed by atoms with E-state index in [4.69, 9.17) is 16.5 Å². The number of aromatic nitrogens is 1. The Morgan fingerprint density at radius 1 is 0.773 bits per heavy atom. The Morgan fingerprint density at radius 2 is 1.33 bits per heavy atom. The minimum absolute atomic E-state index is 0.0240. The van der Waals surface area contributed by atoms with Crippen LogP contribution in [-0.4, -0.2) is 129 Å². The summed E-state index contributed by atoms with van der Waals surface area (Å²) in [6.45, 7) is 4.24. The summed E-state index contributed by atoms with van der Waals surface area (Å²) in [4.78, 5) is 123. The quantitative estimate of drug-likeness (QED) is 0.0567. The van der Waals surface area contributed by atoms with E-state index >= 15 is 0 Å². The molecule has 0 unspecified atom stereocenters. The summed E-state index contributed by atoms with van der Waals surface area (Å²) in [5, 5.41) is 39.4. The first-order valence-electron chi connectivity index (χ1n) is 21.9. The van der Waals surface area contributed by atoms with Gasteiger partial charge in [-0.15, -0.1) is 11.8 Å². The van der Waals surface area contributed by atoms with Crippen LogP contribution in [0.1, 0.15) is 71.6 Å². The molecule has 0 aliphatic carbocycles. The molecular weight excluding hydrogens is 877 g/mol. The normalized spacial score (nSPS) is 21.1. The zero-order valence-corrected chi connectivity index (χ0v) is 37.7. The Bertz CT molecular complexity index is 2190. The van der Waals surface area contributed by atoms with Gasteiger partial charge in [0, 0.05) is 23.1 Å². The van der Waals surface area contributed by atoms with Crippen LogP contribution in [0.4, 0.5) is 5.69 Å². The number of rotatable bonds is 19. The van der Waals surface area contributed by atoms with Crippen LogP contribution in [0.2, 0.25) is 0 Å². The molecule has 1 aliphatic rings. The molecule has 22 heteroatoms. The number of pyridine rings is 1. The average Bonchev–Trinajstić information content (AvgIpc) is 3.27. The first-order valence-corrected chi connectivity index (χ1v) is 23.0. The SMILES string of the molecule is CC[C@H](C)[C@@H]1NC(=O)CSC[C@@H](C(=O)N[C@@H](CCCCNc2c3ccccc3nc3ccccc23)C(N)=O)NC(=O)[C@H](CC(=O)O)NC(=O)[C@H](CC(=O)O)NC(=O)[C@H](CCCCN)NC1=O. The number of nitrogens with one attached hydrogen (secondary N) is 7. The molecule has 7 atom stereocenters. The fourth-order valence-corrected chi connectivity index (χ4v) is 8.11. The van der Waals surface area contributed by atoms with Gasteiger partial charge in [0.25, 0.3) is 0 Å². The topological polar surface area (TPSA) is 343 Å². The number of aliphatic carboxylic acids is 2. The molecular formula is C44H60N10O11S. The van der Waals surface area contributed by atoms with Crippen molar-refractivity contribution in [3.8, 4) is 0 Å². The van der Waals surface area contributed by atoms with E-state index in [0.717, 1.165) is 39.3 Å². The number of anilines is 1. The fraction of sp³-hybridized carbons (Fsp3) is 0.500. The fourth-order valence-electron chi connectivity index (χ4n) is 7.25. The standard InChI is InChI=1S/C44H60N10O11S/c1-3-24(2)37-44(65)50-30(17-8-10-18-45)40(61)51-31(20-35(56)57)41(62)52-32(21-36(58)59)42(63)53-33(22-66-23-34(55)54-37)43(64)49-29(39(46)60)16-9-11-19-47-38-25-12-4-6-14-27(25)48-28-15-7-5-13-26(28)38/h4-7,12-15,24,29-33,37H,3,8-11,16-23,45H2,1-2H3,(H2,46,60)(H,47,48)(H,49,64)(H,50,65)(H,51,61)(H,52,62)(H,53,63)(H,54,55)(H,56,57)(H,58,59)/t24-,29-,30-,31-,32-,33-,37-/m0/s1. The maximum absolute atomic E-state index is 13.9. The van der Waals surface area contributed by atoms with Gasteiger partial charge in [-0.25, -0.2) is 4.98 Å². The number of hydrogen-bond donors (Lipinski definition) is 11. The average molecular weight is 937 g/mol. The molecule has 1 aliphatic heterocycles. The van der Waals surface area contributed by atoms with Gasteiger partial charge >= 0.3 is 11.9 Å². The first kappa shape index (κ1) is 52.1. The van der Waals surface area contributed by atoms with Gasteiger partial charge in [-0.1, -0.05) is 56.7 Å². The number of amides is 7. The third-order valence-corrected chi connectivity index (χ3v) is 12.1. The summed E-state index contributed by atoms with van der Waals surface area (Å²) in [5.41, 5.74) is 13.9. The van der Waals surface area contributed by atoms with Gasteiger partial charge < -0.3 is 58.9 Å². The Labute approximate surface area is 385 Å². The first-order chi connectivity index (χ1) is 31.5. The highest BCUT2D eigenvalue weighted by atomic mass is 32.2. The second-order valence-electron chi connectivity index (χ2n) is 16.1. The van der Waals surface area contributed by atoms with Crippen LogP contribution < -0.4 is 48.7 Å². The highest BCUT2D eigenvalue weighted by molar-refractivity contribution is 8.00. The molecule has 2 heterocycles. The summed E-state index contributed by atoms with van der Waals surface area (Å²) in [5.74, 6) is -10.7. The van der Waals surface area contributed by atoms with E-state index in [1.54, 1.807) is 13.8 Å². The van der Waals surface area contributed by atoms with Gasteiger partial charge in [-0.2, -0.15) is 0 Å². The molecule has 1 aromatic heterocycles. The molecule has 3 aromatic rings. The number of primary amides is 1. The van der Waals surface area contributed by atoms with Crippen molar-refractivity contribution in [3.63, 3.8) is 0 Å². The predicted octanol–water partition coefficient (Wildman–Crippen LogP) is 0.236. The molecule has 0 saturated carbocycles. The number of fused-ring (bicyclic) bond motifs is 2. The van der Waals surface area contributed by atoms with Gasteiger partial charge in [0.1, 0.15) is 36.3 Å². The van der Waals surface area contributed by atoms with Gasteiger partial charge in [-0.3, -0.25) is 43.2 Å². The number of hydrogen-bond acceptors (Lipinski definition) is 13. The molecule has 13 N–H and O–H groups in total. The Morgan fingerprint density at radius 3 is 1.89 bits per heavy atom. The third kappa shape index (κ3) is 15.6. The second-order valence-corrected chi connectivity index (χ2v) is 17.1. The molecule has 21 nitrogen and oxygen atoms in total. The monoisotopic (exact) mass is 936 g/mol. The Balaban J connectivity index is 1.55. The van der Waals surface area contributed by atoms with Crippen LogP contribution >= 0.6 is 11.8 Å². The van der Waals surface area contributed by atoms with Crippen molar-refractivity contribution in [2.75, 3.05) is 29.9 Å². The van der Waals surface area contributed by atoms with Crippen molar-refractivity contribution < 1.29 is 53.4 Å². The number of thioether (sulfide) groups is 1. The van der Waals surface area contributed by atoms with Crippen LogP contribution in [0.25, 0.3) is 21.8 Å². The second kappa shape index (κ2) is 25.8. The van der Waals surface area contributed by atoms with Crippen LogP contribution in [0.3, 0.4) is 0 Å². The van der Waals surface area contributed by atoms with E-state index in [0.29, 0.717) is 38.6 Å². The van der Waals surface area contributed by atoms with Crippen molar-refractivity contribution >= 4 is 92.5 Å². The Hall–Kier alpha value is -6.55. The van der Waals surface area contributed by atoms with Gasteiger partial charge in [-0.05, 0) is 63.1 Å². The van der Waals surface area contributed by atoms with Crippen molar-refractivity contribution in [3.05, 3.63) is 48.5 Å². The van der Waals surface area contributed by atoms with E-state index in [2.05, 4.69) is 37.2 Å². The molecule has 2 aromatic carbocycles. The van der Waals surface area contributed by atoms with E-state index in [-0.39, 0.29) is 30.9 Å². The summed E-state index contributed by atoms with van der Waals surface area (Å²) < 4.78 is 0. The summed E-state index contributed by atoms with van der Waals surface area (Å²) >= 11 is 0.869. The summed E-state index contributed by atoms with van der Waals surface area (Å²) in [6, 6.07) is 6.42. The zero-order chi connectivity index (χ0) is 48.3. The van der Waals surface area contributed by atoms with Crippen LogP contribution in [-0.2, 0) is 43.2 Å². The van der Waals surface area contributed by atoms with E-state index in [1.807, 2.05) is 48.5 Å². The van der Waals surface area contributed by atoms with Crippen molar-refractivity contribution in [2.45, 2.75) is 108 Å². The highest BCUT2D eigenvalue weighted by Gasteiger charge is 2.36. The number of benzene rings is 2. The van der Waals surface area contributed by atoms with Crippen molar-refractivity contribution in [1.29, 1.82) is 0 Å². The van der Waals surface area contributed by atoms with Crippen molar-refractivity contribution in [1.82, 2.24) is 36.9 Å². The van der Waals surface area contributed by atoms with Crippen LogP contribution in [0.5, 0.6) is 0 Å². The van der Waals surface area contributed by atoms with Gasteiger partial charge in [0.2, 0.25) is 41.4 Å². The number of nitrogens with zero attached hydrogens (tertiary/aromatic N) is 1. The van der Waals surface area contributed by atoms with Gasteiger partial charge in [0.15, 0.2) is 0 Å². The molecule has 7 amide bonds. The Kier molecular flexibility index (Phi) is 20.4. The predicted molar refractivity (Wildman–Crippen MR) is 247 cm³/mol. The minimum Gasteiger partial charge on any atom is -0.481 e. The number of nitrogens with two attached hydrogens (primary N) is 2. The number of carboxylic acid groups (broad SMARTS) is 2. The van der Waals surface area contributed by atoms with E-state index in [9.17, 15) is 53.4 Å². The lowest BCUT2D eigenvalue weighted by Crippen LogP contribution is -2.61. The molecule has 0 radical (unpaired) electrons. The highest BCUT2D eigenvalue weighted by Crippen LogP contribution is 2.30. The van der Waals surface area contributed by atoms with Gasteiger partial charge in [0.05, 0.1) is 35.3 Å². The number of carboxylic acids is 2. The molecule has 358 valence electrons. The molecule has 4 rings (SSSR count). The largest absolute Gasteiger partial charge is 0.481 e. The van der Waals surface area contributed by atoms with Crippen LogP contribution in [0.15, 0.2) is 48.5 Å². The van der Waals surface area contributed by atoms with E-state index in [1.165, 1.54) is 0 Å². The third-order valence-electron chi connectivity index (χ3n) is 11.0. The van der Waals surface area contributed by atoms with E-state index < -0.39 is 108 Å². The maximum Gasteiger partial charge on any atom is 0.305 e. The minimum atomic E-state index is -1.91. The number of unbranched alkanes of at least 4 members (excludes halogenated alkanes) is 2. The van der Waals surface area contributed by atoms with Crippen molar-refractivity contribution in [2.24, 2.45) is 17.4 Å². The molecule has 1 saturated heterocycles. The van der Waals surface area contributed by atoms with Crippen LogP contribution in [0, 0.1) is 5.92 Å². The molecule has 66 heavy (non-hydrogen) atoms. The summed E-state index contributed by atoms with van der Waals surface area (Å²) in [6.07, 6.45) is 0.264. The smallest absolute Gasteiger partial charge is 0.305 e. The molecule has 1 fully saturated rings. The number of para-hydroxylation sites is 2. The number of carbonyl (C=O) groups is 9. The zero-order valence-electron chi connectivity index (χ0n) is 36.9. The molecule has 0 spiro atoms. The maximum atomic E-state index is 13.9. The lowest BCUT2D eigenvalue weighted by atomic mass is 9.97. The number of carbonyl (C=O) groups excluding carboxylic acids is 7.